The van der Waals surface area contributed by atoms with Crippen LogP contribution in [0.3, 0.4) is 0 Å². The molecule has 0 saturated heterocycles. The molecule has 106 valence electrons. The molecule has 21 heavy (non-hydrogen) atoms. The van der Waals surface area contributed by atoms with Gasteiger partial charge < -0.3 is 0 Å². The highest BCUT2D eigenvalue weighted by molar-refractivity contribution is 6.42. The number of fused-ring (bicyclic) bond motifs is 1. The van der Waals surface area contributed by atoms with E-state index in [1.165, 1.54) is 6.20 Å². The number of hydrogen-bond donors (Lipinski definition) is 0. The van der Waals surface area contributed by atoms with E-state index in [0.29, 0.717) is 17.5 Å². The Labute approximate surface area is 127 Å². The summed E-state index contributed by atoms with van der Waals surface area (Å²) in [4.78, 5) is 7.93. The highest BCUT2D eigenvalue weighted by Crippen LogP contribution is 2.40. The maximum atomic E-state index is 13.9. The van der Waals surface area contributed by atoms with E-state index in [4.69, 9.17) is 23.2 Å². The summed E-state index contributed by atoms with van der Waals surface area (Å²) in [5.74, 6) is -3.25. The highest BCUT2D eigenvalue weighted by Gasteiger charge is 2.22. The Hall–Kier alpha value is -1.85. The van der Waals surface area contributed by atoms with Crippen molar-refractivity contribution >= 4 is 34.2 Å². The van der Waals surface area contributed by atoms with Crippen LogP contribution in [0.4, 0.5) is 13.2 Å². The molecule has 2 nitrogen and oxygen atoms in total. The number of rotatable bonds is 1. The number of nitrogens with zero attached hydrogens (tertiary/aromatic N) is 2. The van der Waals surface area contributed by atoms with Gasteiger partial charge in [0.2, 0.25) is 0 Å². The van der Waals surface area contributed by atoms with Crippen LogP contribution in [-0.2, 0) is 0 Å². The van der Waals surface area contributed by atoms with Crippen LogP contribution in [0.1, 0.15) is 0 Å². The number of halogens is 5. The lowest BCUT2D eigenvalue weighted by Crippen LogP contribution is -1.97. The molecule has 3 aromatic rings. The first-order valence-corrected chi connectivity index (χ1v) is 6.49. The fraction of sp³-hybridized carbons (Fsp3) is 0. The lowest BCUT2D eigenvalue weighted by atomic mass is 10.0. The van der Waals surface area contributed by atoms with Gasteiger partial charge in [-0.2, -0.15) is 0 Å². The first-order chi connectivity index (χ1) is 9.99. The average molecular weight is 329 g/mol. The van der Waals surface area contributed by atoms with E-state index < -0.39 is 23.0 Å². The summed E-state index contributed by atoms with van der Waals surface area (Å²) >= 11 is 12.1. The van der Waals surface area contributed by atoms with Crippen LogP contribution in [0.2, 0.25) is 10.2 Å². The molecule has 7 heteroatoms. The Bertz CT molecular complexity index is 845. The van der Waals surface area contributed by atoms with Crippen molar-refractivity contribution in [1.29, 1.82) is 0 Å². The van der Waals surface area contributed by atoms with Crippen LogP contribution in [0, 0.1) is 17.5 Å². The smallest absolute Gasteiger partial charge is 0.162 e. The van der Waals surface area contributed by atoms with Crippen molar-refractivity contribution in [2.75, 3.05) is 0 Å². The predicted octanol–water partition coefficient (Wildman–Crippen LogP) is 5.02. The van der Waals surface area contributed by atoms with Crippen LogP contribution in [0.15, 0.2) is 30.5 Å². The molecule has 0 aliphatic carbocycles. The van der Waals surface area contributed by atoms with Gasteiger partial charge >= 0.3 is 0 Å². The van der Waals surface area contributed by atoms with Crippen LogP contribution in [0.5, 0.6) is 0 Å². The van der Waals surface area contributed by atoms with Gasteiger partial charge in [0.05, 0.1) is 10.6 Å². The fourth-order valence-electron chi connectivity index (χ4n) is 2.03. The van der Waals surface area contributed by atoms with Gasteiger partial charge in [-0.25, -0.2) is 23.1 Å². The number of benzene rings is 1. The third-order valence-corrected chi connectivity index (χ3v) is 3.58. The number of aromatic nitrogens is 2. The van der Waals surface area contributed by atoms with Crippen molar-refractivity contribution in [3.63, 3.8) is 0 Å². The molecular formula is C14H5Cl2F3N2. The molecule has 0 atom stereocenters. The summed E-state index contributed by atoms with van der Waals surface area (Å²) in [7, 11) is 0. The first kappa shape index (κ1) is 14.1. The quantitative estimate of drug-likeness (QED) is 0.586. The summed E-state index contributed by atoms with van der Waals surface area (Å²) in [5.41, 5.74) is -0.405. The zero-order valence-electron chi connectivity index (χ0n) is 10.2. The van der Waals surface area contributed by atoms with Gasteiger partial charge in [-0.05, 0) is 12.1 Å². The van der Waals surface area contributed by atoms with E-state index >= 15 is 0 Å². The molecule has 0 radical (unpaired) electrons. The van der Waals surface area contributed by atoms with Crippen LogP contribution in [0.25, 0.3) is 22.2 Å². The number of pyridine rings is 2. The molecule has 0 aliphatic rings. The van der Waals surface area contributed by atoms with Gasteiger partial charge in [0, 0.05) is 29.3 Å². The Morgan fingerprint density at radius 1 is 0.952 bits per heavy atom. The van der Waals surface area contributed by atoms with Gasteiger partial charge in [0.25, 0.3) is 0 Å². The third kappa shape index (κ3) is 2.32. The van der Waals surface area contributed by atoms with Crippen molar-refractivity contribution < 1.29 is 13.2 Å². The monoisotopic (exact) mass is 328 g/mol. The second-order valence-electron chi connectivity index (χ2n) is 4.21. The Morgan fingerprint density at radius 2 is 1.62 bits per heavy atom. The maximum Gasteiger partial charge on any atom is 0.162 e. The van der Waals surface area contributed by atoms with Gasteiger partial charge in [-0.3, -0.25) is 0 Å². The van der Waals surface area contributed by atoms with Gasteiger partial charge in [-0.1, -0.05) is 23.2 Å². The summed E-state index contributed by atoms with van der Waals surface area (Å²) in [6.07, 6.45) is 1.49. The SMILES string of the molecule is Fc1cc(F)c(-c2c(Cl)nc3ncccc3c2Cl)c(F)c1. The Balaban J connectivity index is 2.41. The Morgan fingerprint density at radius 3 is 2.29 bits per heavy atom. The lowest BCUT2D eigenvalue weighted by Gasteiger charge is -2.11. The predicted molar refractivity (Wildman–Crippen MR) is 74.9 cm³/mol. The van der Waals surface area contributed by atoms with Crippen LogP contribution in [-0.4, -0.2) is 9.97 Å². The molecule has 0 unspecified atom stereocenters. The molecule has 2 aromatic heterocycles. The topological polar surface area (TPSA) is 25.8 Å². The molecule has 2 heterocycles. The first-order valence-electron chi connectivity index (χ1n) is 5.73. The minimum Gasteiger partial charge on any atom is -0.237 e. The van der Waals surface area contributed by atoms with E-state index in [0.717, 1.165) is 0 Å². The highest BCUT2D eigenvalue weighted by atomic mass is 35.5. The van der Waals surface area contributed by atoms with E-state index in [-0.39, 0.29) is 21.4 Å². The van der Waals surface area contributed by atoms with Crippen molar-refractivity contribution in [3.05, 3.63) is 58.1 Å². The standard InChI is InChI=1S/C14H5Cl2F3N2/c15-12-7-2-1-3-20-14(7)21-13(16)11(12)10-8(18)4-6(17)5-9(10)19/h1-5H. The molecule has 1 aromatic carbocycles. The van der Waals surface area contributed by atoms with E-state index in [2.05, 4.69) is 9.97 Å². The minimum atomic E-state index is -1.11. The summed E-state index contributed by atoms with van der Waals surface area (Å²) in [6, 6.07) is 4.30. The molecule has 0 amide bonds. The summed E-state index contributed by atoms with van der Waals surface area (Å²) in [6.45, 7) is 0. The minimum absolute atomic E-state index is 0.00232. The molecular weight excluding hydrogens is 324 g/mol. The van der Waals surface area contributed by atoms with Crippen molar-refractivity contribution in [2.45, 2.75) is 0 Å². The summed E-state index contributed by atoms with van der Waals surface area (Å²) < 4.78 is 40.8. The average Bonchev–Trinajstić information content (AvgIpc) is 2.41. The molecule has 0 spiro atoms. The van der Waals surface area contributed by atoms with Crippen molar-refractivity contribution in [3.8, 4) is 11.1 Å². The molecule has 0 N–H and O–H groups in total. The normalized spacial score (nSPS) is 11.1. The molecule has 0 aliphatic heterocycles. The second kappa shape index (κ2) is 5.16. The zero-order chi connectivity index (χ0) is 15.1. The summed E-state index contributed by atoms with van der Waals surface area (Å²) in [5, 5.41) is 0.180. The van der Waals surface area contributed by atoms with Gasteiger partial charge in [-0.15, -0.1) is 0 Å². The van der Waals surface area contributed by atoms with E-state index in [1.54, 1.807) is 12.1 Å². The molecule has 0 saturated carbocycles. The third-order valence-electron chi connectivity index (χ3n) is 2.91. The maximum absolute atomic E-state index is 13.9. The van der Waals surface area contributed by atoms with Crippen LogP contribution >= 0.6 is 23.2 Å². The van der Waals surface area contributed by atoms with E-state index in [1.807, 2.05) is 0 Å². The molecule has 0 bridgehead atoms. The molecule has 0 fully saturated rings. The number of hydrogen-bond acceptors (Lipinski definition) is 2. The second-order valence-corrected chi connectivity index (χ2v) is 4.95. The lowest BCUT2D eigenvalue weighted by molar-refractivity contribution is 0.548. The fourth-order valence-corrected chi connectivity index (χ4v) is 2.67. The van der Waals surface area contributed by atoms with E-state index in [9.17, 15) is 13.2 Å². The zero-order valence-corrected chi connectivity index (χ0v) is 11.7. The Kier molecular flexibility index (Phi) is 3.47. The van der Waals surface area contributed by atoms with Crippen LogP contribution < -0.4 is 0 Å². The van der Waals surface area contributed by atoms with Crippen molar-refractivity contribution in [1.82, 2.24) is 9.97 Å². The van der Waals surface area contributed by atoms with Gasteiger partial charge in [0.1, 0.15) is 22.6 Å². The van der Waals surface area contributed by atoms with Crippen molar-refractivity contribution in [2.24, 2.45) is 0 Å². The largest absolute Gasteiger partial charge is 0.237 e. The van der Waals surface area contributed by atoms with Gasteiger partial charge in [0.15, 0.2) is 5.65 Å². The molecule has 3 rings (SSSR count).